The zero-order chi connectivity index (χ0) is 15.2. The van der Waals surface area contributed by atoms with E-state index >= 15 is 0 Å². The molecule has 1 aromatic carbocycles. The quantitative estimate of drug-likeness (QED) is 0.621. The zero-order valence-corrected chi connectivity index (χ0v) is 12.9. The van der Waals surface area contributed by atoms with Gasteiger partial charge >= 0.3 is 0 Å². The average Bonchev–Trinajstić information content (AvgIpc) is 2.35. The van der Waals surface area contributed by atoms with Gasteiger partial charge in [-0.2, -0.15) is 0 Å². The van der Waals surface area contributed by atoms with Gasteiger partial charge in [0, 0.05) is 12.1 Å². The molecular weight excluding hydrogens is 252 g/mol. The summed E-state index contributed by atoms with van der Waals surface area (Å²) in [4.78, 5) is 11.8. The Labute approximate surface area is 121 Å². The van der Waals surface area contributed by atoms with Crippen LogP contribution in [-0.2, 0) is 4.79 Å². The van der Waals surface area contributed by atoms with E-state index in [1.54, 1.807) is 12.1 Å². The third-order valence-corrected chi connectivity index (χ3v) is 3.54. The maximum Gasteiger partial charge on any atom is 0.220 e. The minimum absolute atomic E-state index is 0.0772. The summed E-state index contributed by atoms with van der Waals surface area (Å²) < 4.78 is 5.51. The Morgan fingerprint density at radius 2 is 1.90 bits per heavy atom. The molecule has 3 N–H and O–H groups in total. The predicted octanol–water partition coefficient (Wildman–Crippen LogP) is 2.84. The highest BCUT2D eigenvalue weighted by Crippen LogP contribution is 2.27. The maximum absolute atomic E-state index is 11.8. The molecule has 0 saturated carbocycles. The Hall–Kier alpha value is -1.71. The van der Waals surface area contributed by atoms with Crippen molar-refractivity contribution < 1.29 is 9.53 Å². The molecular formula is C16H26N2O2. The van der Waals surface area contributed by atoms with E-state index in [0.717, 1.165) is 5.75 Å². The number of nitrogen functional groups attached to an aromatic ring is 1. The van der Waals surface area contributed by atoms with Crippen LogP contribution in [0.5, 0.6) is 5.75 Å². The average molecular weight is 278 g/mol. The minimum Gasteiger partial charge on any atom is -0.492 e. The molecule has 1 atom stereocenters. The van der Waals surface area contributed by atoms with Gasteiger partial charge in [0.25, 0.3) is 0 Å². The summed E-state index contributed by atoms with van der Waals surface area (Å²) in [5, 5.41) is 2.88. The number of rotatable bonds is 6. The van der Waals surface area contributed by atoms with E-state index in [4.69, 9.17) is 10.5 Å². The second-order valence-electron chi connectivity index (χ2n) is 6.24. The zero-order valence-electron chi connectivity index (χ0n) is 12.9. The predicted molar refractivity (Wildman–Crippen MR) is 82.6 cm³/mol. The smallest absolute Gasteiger partial charge is 0.220 e. The van der Waals surface area contributed by atoms with Crippen LogP contribution in [0.4, 0.5) is 5.69 Å². The summed E-state index contributed by atoms with van der Waals surface area (Å²) in [6, 6.07) is 7.22. The van der Waals surface area contributed by atoms with Crippen LogP contribution >= 0.6 is 0 Å². The molecule has 0 saturated heterocycles. The number of benzene rings is 1. The number of carbonyl (C=O) groups excluding carboxylic acids is 1. The summed E-state index contributed by atoms with van der Waals surface area (Å²) >= 11 is 0. The molecule has 1 aromatic rings. The van der Waals surface area contributed by atoms with Crippen molar-refractivity contribution in [1.29, 1.82) is 0 Å². The molecule has 0 radical (unpaired) electrons. The van der Waals surface area contributed by atoms with Crippen LogP contribution < -0.4 is 15.8 Å². The number of nitrogens with one attached hydrogen (secondary N) is 1. The van der Waals surface area contributed by atoms with E-state index in [2.05, 4.69) is 33.0 Å². The normalized spacial score (nSPS) is 12.8. The van der Waals surface area contributed by atoms with Gasteiger partial charge in [0.2, 0.25) is 5.91 Å². The first kappa shape index (κ1) is 16.3. The number of hydrogen-bond acceptors (Lipinski definition) is 3. The van der Waals surface area contributed by atoms with Crippen LogP contribution in [0.1, 0.15) is 34.1 Å². The second kappa shape index (κ2) is 7.17. The third-order valence-electron chi connectivity index (χ3n) is 3.54. The van der Waals surface area contributed by atoms with Crippen molar-refractivity contribution in [3.63, 3.8) is 0 Å². The number of anilines is 1. The molecule has 1 amide bonds. The van der Waals surface area contributed by atoms with E-state index in [-0.39, 0.29) is 11.3 Å². The molecule has 4 heteroatoms. The number of nitrogens with two attached hydrogens (primary N) is 1. The molecule has 0 aliphatic carbocycles. The number of ether oxygens (including phenoxy) is 1. The standard InChI is InChI=1S/C16H26N2O2/c1-12(16(2,3)4)11-15(19)18-9-10-20-14-7-5-13(17)6-8-14/h5-8,12H,9-11,17H2,1-4H3,(H,18,19). The molecule has 0 heterocycles. The highest BCUT2D eigenvalue weighted by Gasteiger charge is 2.22. The Morgan fingerprint density at radius 1 is 1.30 bits per heavy atom. The van der Waals surface area contributed by atoms with Crippen molar-refractivity contribution in [3.8, 4) is 5.75 Å². The van der Waals surface area contributed by atoms with Gasteiger partial charge < -0.3 is 15.8 Å². The fraction of sp³-hybridized carbons (Fsp3) is 0.562. The Bertz CT molecular complexity index is 421. The molecule has 0 bridgehead atoms. The molecule has 0 fully saturated rings. The lowest BCUT2D eigenvalue weighted by molar-refractivity contribution is -0.122. The Morgan fingerprint density at radius 3 is 2.45 bits per heavy atom. The van der Waals surface area contributed by atoms with Crippen molar-refractivity contribution in [3.05, 3.63) is 24.3 Å². The summed E-state index contributed by atoms with van der Waals surface area (Å²) in [5.41, 5.74) is 6.45. The molecule has 0 spiro atoms. The van der Waals surface area contributed by atoms with E-state index in [0.29, 0.717) is 31.2 Å². The summed E-state index contributed by atoms with van der Waals surface area (Å²) in [7, 11) is 0. The molecule has 1 unspecified atom stereocenters. The van der Waals surface area contributed by atoms with E-state index in [1.165, 1.54) is 0 Å². The van der Waals surface area contributed by atoms with Crippen molar-refractivity contribution in [2.45, 2.75) is 34.1 Å². The Balaban J connectivity index is 2.21. The third kappa shape index (κ3) is 5.95. The highest BCUT2D eigenvalue weighted by molar-refractivity contribution is 5.76. The highest BCUT2D eigenvalue weighted by atomic mass is 16.5. The molecule has 0 aromatic heterocycles. The molecule has 112 valence electrons. The number of hydrogen-bond donors (Lipinski definition) is 2. The van der Waals surface area contributed by atoms with Crippen LogP contribution in [0.2, 0.25) is 0 Å². The van der Waals surface area contributed by atoms with Gasteiger partial charge in [0.15, 0.2) is 0 Å². The first-order valence-corrected chi connectivity index (χ1v) is 7.04. The lowest BCUT2D eigenvalue weighted by Crippen LogP contribution is -2.31. The topological polar surface area (TPSA) is 64.3 Å². The fourth-order valence-electron chi connectivity index (χ4n) is 1.58. The Kier molecular flexibility index (Phi) is 5.86. The molecule has 1 rings (SSSR count). The van der Waals surface area contributed by atoms with Crippen molar-refractivity contribution >= 4 is 11.6 Å². The van der Waals surface area contributed by atoms with E-state index < -0.39 is 0 Å². The van der Waals surface area contributed by atoms with Crippen LogP contribution in [0.3, 0.4) is 0 Å². The van der Waals surface area contributed by atoms with Gasteiger partial charge in [-0.3, -0.25) is 4.79 Å². The van der Waals surface area contributed by atoms with E-state index in [9.17, 15) is 4.79 Å². The molecule has 0 aliphatic rings. The van der Waals surface area contributed by atoms with Gasteiger partial charge in [-0.25, -0.2) is 0 Å². The summed E-state index contributed by atoms with van der Waals surface area (Å²) in [6.45, 7) is 9.52. The van der Waals surface area contributed by atoms with Gasteiger partial charge in [0.1, 0.15) is 12.4 Å². The first-order valence-electron chi connectivity index (χ1n) is 7.04. The largest absolute Gasteiger partial charge is 0.492 e. The summed E-state index contributed by atoms with van der Waals surface area (Å²) in [5.74, 6) is 1.19. The fourth-order valence-corrected chi connectivity index (χ4v) is 1.58. The lowest BCUT2D eigenvalue weighted by atomic mass is 9.80. The molecule has 0 aliphatic heterocycles. The number of carbonyl (C=O) groups is 1. The second-order valence-corrected chi connectivity index (χ2v) is 6.24. The first-order chi connectivity index (χ1) is 9.29. The van der Waals surface area contributed by atoms with Gasteiger partial charge in [-0.1, -0.05) is 27.7 Å². The van der Waals surface area contributed by atoms with Gasteiger partial charge in [-0.05, 0) is 35.6 Å². The van der Waals surface area contributed by atoms with Crippen molar-refractivity contribution in [2.24, 2.45) is 11.3 Å². The van der Waals surface area contributed by atoms with Crippen molar-refractivity contribution in [1.82, 2.24) is 5.32 Å². The van der Waals surface area contributed by atoms with Gasteiger partial charge in [0.05, 0.1) is 6.54 Å². The van der Waals surface area contributed by atoms with Crippen molar-refractivity contribution in [2.75, 3.05) is 18.9 Å². The maximum atomic E-state index is 11.8. The lowest BCUT2D eigenvalue weighted by Gasteiger charge is -2.26. The minimum atomic E-state index is 0.0772. The van der Waals surface area contributed by atoms with Crippen LogP contribution in [-0.4, -0.2) is 19.1 Å². The molecule has 4 nitrogen and oxygen atoms in total. The van der Waals surface area contributed by atoms with Crippen LogP contribution in [0.25, 0.3) is 0 Å². The monoisotopic (exact) mass is 278 g/mol. The van der Waals surface area contributed by atoms with E-state index in [1.807, 2.05) is 12.1 Å². The summed E-state index contributed by atoms with van der Waals surface area (Å²) in [6.07, 6.45) is 0.547. The number of amides is 1. The van der Waals surface area contributed by atoms with Crippen LogP contribution in [0.15, 0.2) is 24.3 Å². The SMILES string of the molecule is CC(CC(=O)NCCOc1ccc(N)cc1)C(C)(C)C. The van der Waals surface area contributed by atoms with Crippen LogP contribution in [0, 0.1) is 11.3 Å². The molecule has 20 heavy (non-hydrogen) atoms. The van der Waals surface area contributed by atoms with Gasteiger partial charge in [-0.15, -0.1) is 0 Å².